The van der Waals surface area contributed by atoms with Gasteiger partial charge in [-0.05, 0) is 25.1 Å². The number of hydrogen-bond donors (Lipinski definition) is 2. The Balaban J connectivity index is 0.000000626. The van der Waals surface area contributed by atoms with Crippen molar-refractivity contribution in [2.75, 3.05) is 5.88 Å². The molecule has 1 atom stereocenters. The maximum Gasteiger partial charge on any atom is 0.416 e. The van der Waals surface area contributed by atoms with Gasteiger partial charge in [-0.25, -0.2) is 4.79 Å². The van der Waals surface area contributed by atoms with Crippen molar-refractivity contribution in [2.45, 2.75) is 25.6 Å². The minimum absolute atomic E-state index is 0.0571. The predicted octanol–water partition coefficient (Wildman–Crippen LogP) is 3.26. The summed E-state index contributed by atoms with van der Waals surface area (Å²) in [5.41, 5.74) is -0.873. The molecule has 0 aliphatic carbocycles. The van der Waals surface area contributed by atoms with Crippen molar-refractivity contribution in [3.8, 4) is 5.75 Å². The molecule has 1 aromatic carbocycles. The van der Waals surface area contributed by atoms with Crippen molar-refractivity contribution >= 4 is 23.5 Å². The van der Waals surface area contributed by atoms with Crippen LogP contribution >= 0.6 is 11.6 Å². The molecule has 0 aromatic heterocycles. The minimum Gasteiger partial charge on any atom is -0.481 e. The second kappa shape index (κ2) is 9.14. The molecule has 0 saturated heterocycles. The fraction of sp³-hybridized carbons (Fsp3) is 0.385. The molecule has 0 heterocycles. The van der Waals surface area contributed by atoms with E-state index in [-0.39, 0.29) is 18.1 Å². The average Bonchev–Trinajstić information content (AvgIpc) is 2.38. The number of rotatable bonds is 5. The molecule has 0 amide bonds. The van der Waals surface area contributed by atoms with E-state index < -0.39 is 29.8 Å². The number of hydrogen-bond acceptors (Lipinski definition) is 3. The highest BCUT2D eigenvalue weighted by Crippen LogP contribution is 2.31. The van der Waals surface area contributed by atoms with Crippen LogP contribution in [0.5, 0.6) is 5.75 Å². The molecule has 9 heteroatoms. The summed E-state index contributed by atoms with van der Waals surface area (Å²) >= 11 is 5.02. The number of carboxylic acids is 2. The second-order valence-electron chi connectivity index (χ2n) is 3.96. The molecule has 0 aliphatic rings. The molecule has 1 unspecified atom stereocenters. The highest BCUT2D eigenvalue weighted by molar-refractivity contribution is 6.18. The van der Waals surface area contributed by atoms with E-state index in [0.717, 1.165) is 18.2 Å². The Kier molecular flexibility index (Phi) is 8.32. The van der Waals surface area contributed by atoms with Gasteiger partial charge in [0, 0.05) is 5.88 Å². The van der Waals surface area contributed by atoms with Crippen LogP contribution in [0.1, 0.15) is 18.9 Å². The topological polar surface area (TPSA) is 83.8 Å². The first-order chi connectivity index (χ1) is 10.1. The van der Waals surface area contributed by atoms with Crippen LogP contribution in [-0.4, -0.2) is 34.1 Å². The molecule has 0 saturated carbocycles. The van der Waals surface area contributed by atoms with Gasteiger partial charge in [0.15, 0.2) is 6.10 Å². The molecular weight excluding hydrogens is 329 g/mol. The van der Waals surface area contributed by atoms with Crippen molar-refractivity contribution in [1.29, 1.82) is 0 Å². The Labute approximate surface area is 129 Å². The number of aliphatic carboxylic acids is 2. The summed E-state index contributed by atoms with van der Waals surface area (Å²) in [5.74, 6) is -2.00. The smallest absolute Gasteiger partial charge is 0.416 e. The lowest BCUT2D eigenvalue weighted by Crippen LogP contribution is -2.23. The van der Waals surface area contributed by atoms with Crippen molar-refractivity contribution < 1.29 is 37.7 Å². The van der Waals surface area contributed by atoms with Crippen LogP contribution in [0.3, 0.4) is 0 Å². The summed E-state index contributed by atoms with van der Waals surface area (Å²) in [4.78, 5) is 20.0. The van der Waals surface area contributed by atoms with E-state index >= 15 is 0 Å². The molecule has 0 spiro atoms. The van der Waals surface area contributed by atoms with Gasteiger partial charge >= 0.3 is 18.1 Å². The highest BCUT2D eigenvalue weighted by Gasteiger charge is 2.30. The van der Waals surface area contributed by atoms with Gasteiger partial charge in [0.2, 0.25) is 0 Å². The normalized spacial score (nSPS) is 11.9. The van der Waals surface area contributed by atoms with Crippen molar-refractivity contribution in [2.24, 2.45) is 0 Å². The second-order valence-corrected chi connectivity index (χ2v) is 4.33. The molecule has 0 bridgehead atoms. The van der Waals surface area contributed by atoms with Crippen molar-refractivity contribution in [1.82, 2.24) is 0 Å². The van der Waals surface area contributed by atoms with Gasteiger partial charge in [0.25, 0.3) is 0 Å². The van der Waals surface area contributed by atoms with E-state index in [4.69, 9.17) is 26.6 Å². The summed E-state index contributed by atoms with van der Waals surface area (Å²) in [7, 11) is 0. The minimum atomic E-state index is -4.47. The molecule has 2 N–H and O–H groups in total. The molecule has 1 rings (SSSR count). The highest BCUT2D eigenvalue weighted by atomic mass is 35.5. The lowest BCUT2D eigenvalue weighted by atomic mass is 10.2. The largest absolute Gasteiger partial charge is 0.481 e. The molecule has 0 radical (unpaired) electrons. The number of ether oxygens (including phenoxy) is 1. The van der Waals surface area contributed by atoms with Gasteiger partial charge in [0.1, 0.15) is 5.75 Å². The van der Waals surface area contributed by atoms with Gasteiger partial charge in [-0.2, -0.15) is 13.2 Å². The zero-order chi connectivity index (χ0) is 17.3. The number of carbonyl (C=O) groups is 2. The maximum absolute atomic E-state index is 12.3. The van der Waals surface area contributed by atoms with Gasteiger partial charge < -0.3 is 14.9 Å². The maximum atomic E-state index is 12.3. The Morgan fingerprint density at radius 2 is 1.91 bits per heavy atom. The van der Waals surface area contributed by atoms with Crippen LogP contribution in [-0.2, 0) is 15.8 Å². The predicted molar refractivity (Wildman–Crippen MR) is 72.1 cm³/mol. The molecular formula is C13H14ClF3O5. The van der Waals surface area contributed by atoms with E-state index in [2.05, 4.69) is 0 Å². The molecule has 0 fully saturated rings. The zero-order valence-electron chi connectivity index (χ0n) is 11.4. The van der Waals surface area contributed by atoms with E-state index in [1.54, 1.807) is 0 Å². The molecule has 124 valence electrons. The summed E-state index contributed by atoms with van der Waals surface area (Å²) in [6.45, 7) is 1.24. The molecule has 0 aliphatic heterocycles. The SMILES string of the molecule is CC(Oc1cccc(C(F)(F)F)c1)C(=O)O.O=C(O)CCCl. The van der Waals surface area contributed by atoms with Gasteiger partial charge in [-0.3, -0.25) is 4.79 Å². The van der Waals surface area contributed by atoms with Crippen LogP contribution in [0.4, 0.5) is 13.2 Å². The number of carboxylic acid groups (broad SMARTS) is 2. The third kappa shape index (κ3) is 8.35. The standard InChI is InChI=1S/C10H9F3O3.C3H5ClO2/c1-6(9(14)15)16-8-4-2-3-7(5-8)10(11,12)13;4-2-1-3(5)6/h2-6H,1H3,(H,14,15);1-2H2,(H,5,6). The molecule has 22 heavy (non-hydrogen) atoms. The number of benzene rings is 1. The Morgan fingerprint density at radius 3 is 2.27 bits per heavy atom. The molecule has 5 nitrogen and oxygen atoms in total. The lowest BCUT2D eigenvalue weighted by Gasteiger charge is -2.12. The number of halogens is 4. The van der Waals surface area contributed by atoms with Crippen LogP contribution in [0, 0.1) is 0 Å². The summed E-state index contributed by atoms with van der Waals surface area (Å²) in [6, 6.07) is 4.08. The summed E-state index contributed by atoms with van der Waals surface area (Å²) in [5, 5.41) is 16.4. The first-order valence-corrected chi connectivity index (χ1v) is 6.45. The Hall–Kier alpha value is -1.96. The molecule has 1 aromatic rings. The average molecular weight is 343 g/mol. The van der Waals surface area contributed by atoms with Crippen LogP contribution in [0.2, 0.25) is 0 Å². The van der Waals surface area contributed by atoms with Gasteiger partial charge in [-0.15, -0.1) is 11.6 Å². The quantitative estimate of drug-likeness (QED) is 0.802. The Bertz CT molecular complexity index is 505. The Morgan fingerprint density at radius 1 is 1.32 bits per heavy atom. The van der Waals surface area contributed by atoms with Gasteiger partial charge in [-0.1, -0.05) is 6.07 Å². The number of alkyl halides is 4. The van der Waals surface area contributed by atoms with Gasteiger partial charge in [0.05, 0.1) is 12.0 Å². The van der Waals surface area contributed by atoms with Crippen LogP contribution in [0.15, 0.2) is 24.3 Å². The van der Waals surface area contributed by atoms with Crippen LogP contribution < -0.4 is 4.74 Å². The monoisotopic (exact) mass is 342 g/mol. The van der Waals surface area contributed by atoms with E-state index in [0.29, 0.717) is 0 Å². The summed E-state index contributed by atoms with van der Waals surface area (Å²) < 4.78 is 41.7. The third-order valence-electron chi connectivity index (χ3n) is 2.13. The van der Waals surface area contributed by atoms with E-state index in [1.807, 2.05) is 0 Å². The van der Waals surface area contributed by atoms with E-state index in [9.17, 15) is 22.8 Å². The zero-order valence-corrected chi connectivity index (χ0v) is 12.2. The van der Waals surface area contributed by atoms with Crippen LogP contribution in [0.25, 0.3) is 0 Å². The fourth-order valence-corrected chi connectivity index (χ4v) is 1.24. The van der Waals surface area contributed by atoms with Crippen molar-refractivity contribution in [3.63, 3.8) is 0 Å². The van der Waals surface area contributed by atoms with E-state index in [1.165, 1.54) is 13.0 Å². The third-order valence-corrected chi connectivity index (χ3v) is 2.32. The lowest BCUT2D eigenvalue weighted by molar-refractivity contribution is -0.144. The first kappa shape index (κ1) is 20.0. The summed E-state index contributed by atoms with van der Waals surface area (Å²) in [6.07, 6.45) is -5.60. The first-order valence-electron chi connectivity index (χ1n) is 5.92. The van der Waals surface area contributed by atoms with Crippen molar-refractivity contribution in [3.05, 3.63) is 29.8 Å². The fourth-order valence-electron chi connectivity index (χ4n) is 1.08.